The summed E-state index contributed by atoms with van der Waals surface area (Å²) < 4.78 is 23.6. The molecule has 6 heteroatoms. The van der Waals surface area contributed by atoms with E-state index in [0.717, 1.165) is 24.8 Å². The fourth-order valence-corrected chi connectivity index (χ4v) is 3.16. The van der Waals surface area contributed by atoms with Gasteiger partial charge in [0.2, 0.25) is 0 Å². The molecule has 0 saturated carbocycles. The Kier molecular flexibility index (Phi) is 6.62. The molecule has 1 heterocycles. The van der Waals surface area contributed by atoms with Crippen molar-refractivity contribution in [3.63, 3.8) is 0 Å². The summed E-state index contributed by atoms with van der Waals surface area (Å²) in [6.45, 7) is 6.93. The number of rotatable bonds is 4. The van der Waals surface area contributed by atoms with E-state index in [-0.39, 0.29) is 6.09 Å². The average molecular weight is 365 g/mol. The first kappa shape index (κ1) is 20.2. The van der Waals surface area contributed by atoms with Crippen molar-refractivity contribution in [2.75, 3.05) is 20.2 Å². The molecule has 0 unspecified atom stereocenters. The molecule has 0 N–H and O–H groups in total. The van der Waals surface area contributed by atoms with Crippen LogP contribution >= 0.6 is 0 Å². The van der Waals surface area contributed by atoms with Crippen LogP contribution in [0.25, 0.3) is 0 Å². The number of methoxy groups -OCH3 is 1. The van der Waals surface area contributed by atoms with Crippen LogP contribution in [0.3, 0.4) is 0 Å². The Morgan fingerprint density at radius 1 is 1.23 bits per heavy atom. The molecular formula is C20H28FNO4. The molecular weight excluding hydrogens is 337 g/mol. The van der Waals surface area contributed by atoms with E-state index in [1.165, 1.54) is 19.2 Å². The molecule has 1 aromatic carbocycles. The summed E-state index contributed by atoms with van der Waals surface area (Å²) in [5.41, 5.74) is 0.604. The van der Waals surface area contributed by atoms with Crippen LogP contribution in [0, 0.1) is 11.7 Å². The second kappa shape index (κ2) is 8.52. The van der Waals surface area contributed by atoms with Gasteiger partial charge >= 0.3 is 12.1 Å². The number of piperidine rings is 1. The molecule has 144 valence electrons. The Bertz CT molecular complexity index is 646. The summed E-state index contributed by atoms with van der Waals surface area (Å²) in [5, 5.41) is 0. The van der Waals surface area contributed by atoms with E-state index in [2.05, 4.69) is 0 Å². The van der Waals surface area contributed by atoms with Crippen LogP contribution in [0.5, 0.6) is 0 Å². The van der Waals surface area contributed by atoms with Gasteiger partial charge in [-0.25, -0.2) is 14.0 Å². The van der Waals surface area contributed by atoms with Gasteiger partial charge in [0, 0.05) is 13.1 Å². The van der Waals surface area contributed by atoms with E-state index in [4.69, 9.17) is 9.47 Å². The first-order valence-corrected chi connectivity index (χ1v) is 9.04. The predicted octanol–water partition coefficient (Wildman–Crippen LogP) is 4.19. The standard InChI is InChI=1S/C20H28FNO4/c1-20(2,3)26-19(24)22-11-9-14(10-12-22)5-6-15-7-8-16(21)13-17(15)18(23)25-4/h7-8,13-14H,5-6,9-12H2,1-4H3. The molecule has 0 spiro atoms. The van der Waals surface area contributed by atoms with Gasteiger partial charge in [0.15, 0.2) is 0 Å². The molecule has 1 saturated heterocycles. The van der Waals surface area contributed by atoms with Gasteiger partial charge in [0.05, 0.1) is 12.7 Å². The molecule has 5 nitrogen and oxygen atoms in total. The van der Waals surface area contributed by atoms with Crippen LogP contribution < -0.4 is 0 Å². The average Bonchev–Trinajstić information content (AvgIpc) is 2.59. The maximum absolute atomic E-state index is 13.4. The largest absolute Gasteiger partial charge is 0.465 e. The SMILES string of the molecule is COC(=O)c1cc(F)ccc1CCC1CCN(C(=O)OC(C)(C)C)CC1. The van der Waals surface area contributed by atoms with Gasteiger partial charge in [-0.3, -0.25) is 0 Å². The summed E-state index contributed by atoms with van der Waals surface area (Å²) in [6, 6.07) is 4.25. The molecule has 1 aliphatic heterocycles. The van der Waals surface area contributed by atoms with Crippen LogP contribution in [0.2, 0.25) is 0 Å². The molecule has 0 atom stereocenters. The monoisotopic (exact) mass is 365 g/mol. The number of carbonyl (C=O) groups excluding carboxylic acids is 2. The lowest BCUT2D eigenvalue weighted by molar-refractivity contribution is 0.0181. The second-order valence-electron chi connectivity index (χ2n) is 7.74. The molecule has 0 aromatic heterocycles. The van der Waals surface area contributed by atoms with E-state index in [1.54, 1.807) is 11.0 Å². The summed E-state index contributed by atoms with van der Waals surface area (Å²) >= 11 is 0. The molecule has 1 aliphatic rings. The number of esters is 1. The van der Waals surface area contributed by atoms with E-state index >= 15 is 0 Å². The topological polar surface area (TPSA) is 55.8 Å². The van der Waals surface area contributed by atoms with Crippen molar-refractivity contribution in [3.8, 4) is 0 Å². The highest BCUT2D eigenvalue weighted by Gasteiger charge is 2.27. The first-order chi connectivity index (χ1) is 12.2. The zero-order valence-corrected chi connectivity index (χ0v) is 16.0. The van der Waals surface area contributed by atoms with Crippen LogP contribution in [-0.4, -0.2) is 42.8 Å². The highest BCUT2D eigenvalue weighted by atomic mass is 19.1. The lowest BCUT2D eigenvalue weighted by Gasteiger charge is -2.33. The summed E-state index contributed by atoms with van der Waals surface area (Å²) in [6.07, 6.45) is 3.10. The Morgan fingerprint density at radius 3 is 2.46 bits per heavy atom. The van der Waals surface area contributed by atoms with Crippen molar-refractivity contribution in [2.24, 2.45) is 5.92 Å². The number of hydrogen-bond acceptors (Lipinski definition) is 4. The molecule has 0 radical (unpaired) electrons. The third-order valence-corrected chi connectivity index (χ3v) is 4.57. The molecule has 1 fully saturated rings. The van der Waals surface area contributed by atoms with Crippen molar-refractivity contribution in [2.45, 2.75) is 52.1 Å². The predicted molar refractivity (Wildman–Crippen MR) is 96.6 cm³/mol. The first-order valence-electron chi connectivity index (χ1n) is 9.04. The number of aryl methyl sites for hydroxylation is 1. The van der Waals surface area contributed by atoms with Gasteiger partial charge in [-0.05, 0) is 70.1 Å². The Morgan fingerprint density at radius 2 is 1.88 bits per heavy atom. The fourth-order valence-electron chi connectivity index (χ4n) is 3.16. The van der Waals surface area contributed by atoms with Gasteiger partial charge < -0.3 is 14.4 Å². The number of benzene rings is 1. The molecule has 2 rings (SSSR count). The van der Waals surface area contributed by atoms with Crippen LogP contribution in [0.15, 0.2) is 18.2 Å². The number of carbonyl (C=O) groups is 2. The van der Waals surface area contributed by atoms with Crippen molar-refractivity contribution >= 4 is 12.1 Å². The van der Waals surface area contributed by atoms with Gasteiger partial charge in [0.1, 0.15) is 11.4 Å². The number of amides is 1. The lowest BCUT2D eigenvalue weighted by atomic mass is 9.89. The van der Waals surface area contributed by atoms with Crippen LogP contribution in [-0.2, 0) is 15.9 Å². The van der Waals surface area contributed by atoms with Gasteiger partial charge in [-0.15, -0.1) is 0 Å². The van der Waals surface area contributed by atoms with E-state index in [1.807, 2.05) is 20.8 Å². The third-order valence-electron chi connectivity index (χ3n) is 4.57. The van der Waals surface area contributed by atoms with E-state index in [0.29, 0.717) is 31.0 Å². The molecule has 0 bridgehead atoms. The van der Waals surface area contributed by atoms with Crippen molar-refractivity contribution in [3.05, 3.63) is 35.1 Å². The normalized spacial score (nSPS) is 15.7. The maximum Gasteiger partial charge on any atom is 0.410 e. The van der Waals surface area contributed by atoms with Crippen molar-refractivity contribution < 1.29 is 23.5 Å². The van der Waals surface area contributed by atoms with Crippen molar-refractivity contribution in [1.82, 2.24) is 4.90 Å². The summed E-state index contributed by atoms with van der Waals surface area (Å²) in [7, 11) is 1.30. The number of likely N-dealkylation sites (tertiary alicyclic amines) is 1. The highest BCUT2D eigenvalue weighted by molar-refractivity contribution is 5.91. The Hall–Kier alpha value is -2.11. The van der Waals surface area contributed by atoms with Crippen molar-refractivity contribution in [1.29, 1.82) is 0 Å². The minimum Gasteiger partial charge on any atom is -0.465 e. The van der Waals surface area contributed by atoms with Gasteiger partial charge in [-0.1, -0.05) is 6.07 Å². The minimum absolute atomic E-state index is 0.262. The number of halogens is 1. The zero-order valence-electron chi connectivity index (χ0n) is 16.0. The third kappa shape index (κ3) is 5.71. The Balaban J connectivity index is 1.87. The molecule has 1 amide bonds. The fraction of sp³-hybridized carbons (Fsp3) is 0.600. The van der Waals surface area contributed by atoms with Gasteiger partial charge in [0.25, 0.3) is 0 Å². The maximum atomic E-state index is 13.4. The second-order valence-corrected chi connectivity index (χ2v) is 7.74. The van der Waals surface area contributed by atoms with Gasteiger partial charge in [-0.2, -0.15) is 0 Å². The molecule has 0 aliphatic carbocycles. The van der Waals surface area contributed by atoms with E-state index in [9.17, 15) is 14.0 Å². The van der Waals surface area contributed by atoms with E-state index < -0.39 is 17.4 Å². The van der Waals surface area contributed by atoms with Crippen LogP contribution in [0.4, 0.5) is 9.18 Å². The Labute approximate surface area is 154 Å². The summed E-state index contributed by atoms with van der Waals surface area (Å²) in [5.74, 6) is -0.497. The molecule has 26 heavy (non-hydrogen) atoms. The van der Waals surface area contributed by atoms with Crippen LogP contribution in [0.1, 0.15) is 56.0 Å². The quantitative estimate of drug-likeness (QED) is 0.751. The minimum atomic E-state index is -0.515. The smallest absolute Gasteiger partial charge is 0.410 e. The zero-order chi connectivity index (χ0) is 19.3. The summed E-state index contributed by atoms with van der Waals surface area (Å²) in [4.78, 5) is 25.7. The number of hydrogen-bond donors (Lipinski definition) is 0. The molecule has 1 aromatic rings. The number of ether oxygens (including phenoxy) is 2. The highest BCUT2D eigenvalue weighted by Crippen LogP contribution is 2.25. The number of nitrogens with zero attached hydrogens (tertiary/aromatic N) is 1. The lowest BCUT2D eigenvalue weighted by Crippen LogP contribution is -2.41.